The number of benzene rings is 2. The summed E-state index contributed by atoms with van der Waals surface area (Å²) < 4.78 is 36.4. The maximum Gasteiger partial charge on any atom is 0.241 e. The fraction of sp³-hybridized carbons (Fsp3) is 0.381. The first-order valence-corrected chi connectivity index (χ1v) is 12.4. The minimum absolute atomic E-state index is 0.0813. The van der Waals surface area contributed by atoms with Gasteiger partial charge in [0.15, 0.2) is 9.84 Å². The average Bonchev–Trinajstić information content (AvgIpc) is 2.71. The molecule has 0 saturated carbocycles. The SMILES string of the molecule is O=C(NCCCSc1ccc(F)cc1)C(c1ccccc1)N1CCS(=O)(=O)CC1. The average molecular weight is 437 g/mol. The number of carbonyl (C=O) groups excluding carboxylic acids is 1. The third kappa shape index (κ3) is 6.55. The molecule has 1 aliphatic rings. The van der Waals surface area contributed by atoms with Crippen LogP contribution in [-0.2, 0) is 14.6 Å². The first-order valence-electron chi connectivity index (χ1n) is 9.60. The number of amides is 1. The van der Waals surface area contributed by atoms with E-state index in [4.69, 9.17) is 0 Å². The first kappa shape index (κ1) is 21.8. The van der Waals surface area contributed by atoms with Gasteiger partial charge in [-0.05, 0) is 42.0 Å². The molecule has 1 fully saturated rings. The Hall–Kier alpha value is -1.90. The van der Waals surface area contributed by atoms with Gasteiger partial charge in [-0.25, -0.2) is 12.8 Å². The smallest absolute Gasteiger partial charge is 0.241 e. The zero-order valence-electron chi connectivity index (χ0n) is 16.1. The molecule has 1 aliphatic heterocycles. The zero-order chi connectivity index (χ0) is 20.7. The number of nitrogens with zero attached hydrogens (tertiary/aromatic N) is 1. The van der Waals surface area contributed by atoms with Gasteiger partial charge in [-0.3, -0.25) is 9.69 Å². The van der Waals surface area contributed by atoms with Crippen LogP contribution in [0.1, 0.15) is 18.0 Å². The third-order valence-electron chi connectivity index (χ3n) is 4.81. The second-order valence-electron chi connectivity index (χ2n) is 6.95. The molecule has 5 nitrogen and oxygen atoms in total. The predicted molar refractivity (Wildman–Crippen MR) is 114 cm³/mol. The van der Waals surface area contributed by atoms with Crippen molar-refractivity contribution in [2.75, 3.05) is 36.9 Å². The molecular formula is C21H25FN2O3S2. The summed E-state index contributed by atoms with van der Waals surface area (Å²) in [6, 6.07) is 15.3. The van der Waals surface area contributed by atoms with Crippen LogP contribution in [0.2, 0.25) is 0 Å². The molecule has 0 radical (unpaired) electrons. The van der Waals surface area contributed by atoms with Gasteiger partial charge in [0.25, 0.3) is 0 Å². The molecule has 8 heteroatoms. The Balaban J connectivity index is 1.53. The van der Waals surface area contributed by atoms with E-state index in [1.165, 1.54) is 12.1 Å². The van der Waals surface area contributed by atoms with Crippen molar-refractivity contribution in [2.45, 2.75) is 17.4 Å². The van der Waals surface area contributed by atoms with E-state index in [0.717, 1.165) is 22.6 Å². The lowest BCUT2D eigenvalue weighted by atomic mass is 10.0. The van der Waals surface area contributed by atoms with Crippen LogP contribution in [0.25, 0.3) is 0 Å². The van der Waals surface area contributed by atoms with Crippen molar-refractivity contribution >= 4 is 27.5 Å². The van der Waals surface area contributed by atoms with Crippen molar-refractivity contribution in [1.29, 1.82) is 0 Å². The second kappa shape index (κ2) is 10.2. The Morgan fingerprint density at radius 1 is 1.07 bits per heavy atom. The van der Waals surface area contributed by atoms with Crippen LogP contribution in [0.4, 0.5) is 4.39 Å². The maximum absolute atomic E-state index is 12.9. The highest BCUT2D eigenvalue weighted by Crippen LogP contribution is 2.23. The summed E-state index contributed by atoms with van der Waals surface area (Å²) in [7, 11) is -3.01. The number of hydrogen-bond donors (Lipinski definition) is 1. The Bertz CT molecular complexity index is 891. The number of nitrogens with one attached hydrogen (secondary N) is 1. The highest BCUT2D eigenvalue weighted by Gasteiger charge is 2.32. The molecule has 1 unspecified atom stereocenters. The van der Waals surface area contributed by atoms with Gasteiger partial charge in [-0.15, -0.1) is 11.8 Å². The summed E-state index contributed by atoms with van der Waals surface area (Å²) in [6.07, 6.45) is 0.781. The summed E-state index contributed by atoms with van der Waals surface area (Å²) in [4.78, 5) is 15.9. The van der Waals surface area contributed by atoms with E-state index >= 15 is 0 Å². The van der Waals surface area contributed by atoms with Gasteiger partial charge < -0.3 is 5.32 Å². The van der Waals surface area contributed by atoms with Gasteiger partial charge >= 0.3 is 0 Å². The molecule has 3 rings (SSSR count). The Morgan fingerprint density at radius 3 is 2.38 bits per heavy atom. The second-order valence-corrected chi connectivity index (χ2v) is 10.4. The van der Waals surface area contributed by atoms with E-state index in [0.29, 0.717) is 19.6 Å². The minimum atomic E-state index is -3.01. The topological polar surface area (TPSA) is 66.5 Å². The van der Waals surface area contributed by atoms with Crippen molar-refractivity contribution < 1.29 is 17.6 Å². The minimum Gasteiger partial charge on any atom is -0.354 e. The number of halogens is 1. The molecule has 2 aromatic rings. The van der Waals surface area contributed by atoms with Crippen molar-refractivity contribution in [2.24, 2.45) is 0 Å². The summed E-state index contributed by atoms with van der Waals surface area (Å²) in [5.74, 6) is 0.612. The molecule has 0 bridgehead atoms. The molecule has 0 aromatic heterocycles. The van der Waals surface area contributed by atoms with E-state index in [1.54, 1.807) is 23.9 Å². The molecule has 1 amide bonds. The van der Waals surface area contributed by atoms with Gasteiger partial charge in [-0.1, -0.05) is 30.3 Å². The Labute approximate surface area is 175 Å². The van der Waals surface area contributed by atoms with Crippen LogP contribution < -0.4 is 5.32 Å². The molecule has 1 heterocycles. The number of rotatable bonds is 8. The number of sulfone groups is 1. The molecule has 0 aliphatic carbocycles. The van der Waals surface area contributed by atoms with Crippen LogP contribution in [0.3, 0.4) is 0 Å². The van der Waals surface area contributed by atoms with Gasteiger partial charge in [0.2, 0.25) is 5.91 Å². The largest absolute Gasteiger partial charge is 0.354 e. The zero-order valence-corrected chi connectivity index (χ0v) is 17.7. The summed E-state index contributed by atoms with van der Waals surface area (Å²) in [5.41, 5.74) is 0.866. The van der Waals surface area contributed by atoms with E-state index in [2.05, 4.69) is 5.32 Å². The van der Waals surface area contributed by atoms with Crippen LogP contribution in [0.5, 0.6) is 0 Å². The highest BCUT2D eigenvalue weighted by atomic mass is 32.2. The molecule has 1 saturated heterocycles. The van der Waals surface area contributed by atoms with Crippen molar-refractivity contribution in [3.05, 3.63) is 66.0 Å². The van der Waals surface area contributed by atoms with Gasteiger partial charge in [-0.2, -0.15) is 0 Å². The quantitative estimate of drug-likeness (QED) is 0.509. The molecular weight excluding hydrogens is 411 g/mol. The maximum atomic E-state index is 12.9. The van der Waals surface area contributed by atoms with E-state index in [-0.39, 0.29) is 23.2 Å². The third-order valence-corrected chi connectivity index (χ3v) is 7.52. The van der Waals surface area contributed by atoms with Crippen molar-refractivity contribution in [1.82, 2.24) is 10.2 Å². The van der Waals surface area contributed by atoms with Gasteiger partial charge in [0, 0.05) is 24.5 Å². The van der Waals surface area contributed by atoms with E-state index in [1.807, 2.05) is 35.2 Å². The van der Waals surface area contributed by atoms with Crippen LogP contribution in [0.15, 0.2) is 59.5 Å². The van der Waals surface area contributed by atoms with E-state index < -0.39 is 15.9 Å². The fourth-order valence-corrected chi connectivity index (χ4v) is 5.33. The standard InChI is InChI=1S/C21H25FN2O3S2/c22-18-7-9-19(10-8-18)28-14-4-11-23-21(25)20(17-5-2-1-3-6-17)24-12-15-29(26,27)16-13-24/h1-3,5-10,20H,4,11-16H2,(H,23,25). The van der Waals surface area contributed by atoms with Crippen LogP contribution in [0, 0.1) is 5.82 Å². The number of carbonyl (C=O) groups is 1. The van der Waals surface area contributed by atoms with Gasteiger partial charge in [0.1, 0.15) is 11.9 Å². The molecule has 0 spiro atoms. The number of hydrogen-bond acceptors (Lipinski definition) is 5. The first-order chi connectivity index (χ1) is 13.9. The van der Waals surface area contributed by atoms with Crippen molar-refractivity contribution in [3.8, 4) is 0 Å². The molecule has 1 N–H and O–H groups in total. The van der Waals surface area contributed by atoms with Crippen LogP contribution >= 0.6 is 11.8 Å². The Kier molecular flexibility index (Phi) is 7.69. The van der Waals surface area contributed by atoms with Crippen molar-refractivity contribution in [3.63, 3.8) is 0 Å². The van der Waals surface area contributed by atoms with Gasteiger partial charge in [0.05, 0.1) is 11.5 Å². The monoisotopic (exact) mass is 436 g/mol. The fourth-order valence-electron chi connectivity index (χ4n) is 3.25. The molecule has 156 valence electrons. The molecule has 29 heavy (non-hydrogen) atoms. The molecule has 1 atom stereocenters. The van der Waals surface area contributed by atoms with E-state index in [9.17, 15) is 17.6 Å². The highest BCUT2D eigenvalue weighted by molar-refractivity contribution is 7.99. The lowest BCUT2D eigenvalue weighted by Gasteiger charge is -2.33. The normalized spacial score (nSPS) is 17.6. The summed E-state index contributed by atoms with van der Waals surface area (Å²) in [5, 5.41) is 2.99. The Morgan fingerprint density at radius 2 is 1.72 bits per heavy atom. The predicted octanol–water partition coefficient (Wildman–Crippen LogP) is 2.90. The van der Waals surface area contributed by atoms with Crippen LogP contribution in [-0.4, -0.2) is 56.1 Å². The molecule has 2 aromatic carbocycles. The summed E-state index contributed by atoms with van der Waals surface area (Å²) in [6.45, 7) is 1.24. The summed E-state index contributed by atoms with van der Waals surface area (Å²) >= 11 is 1.62. The number of thioether (sulfide) groups is 1. The lowest BCUT2D eigenvalue weighted by molar-refractivity contribution is -0.126. The lowest BCUT2D eigenvalue weighted by Crippen LogP contribution is -2.47.